The second-order valence-corrected chi connectivity index (χ2v) is 17.6. The monoisotopic (exact) mass is 850 g/mol. The molecule has 0 aliphatic heterocycles. The molecule has 0 heterocycles. The Morgan fingerprint density at radius 2 is 0.857 bits per heavy atom. The standard InChI is InChI=1S/C27H22.C21H25.C5H5.2ClH.Zr/c1-5-13-22(14-6-1)26(23-15-7-2-8-16-23)21-27(24-17-9-3-10-18-24)25-19-11-4-12-20-25;1-20(2,3)16-9-7-14-11-15-8-10-17(21(4,5)6)13-19(15)18(14)12-16;1-2-4-5-3-1;;;/h1-20,26-27H;7-13H,1-6H3;1-3H,4H2;2*1H;/q;2*-1;;;+2. The summed E-state index contributed by atoms with van der Waals surface area (Å²) in [4.78, 5) is 0. The molecular weight excluding hydrogens is 799 g/mol. The first-order chi connectivity index (χ1) is 26.0. The van der Waals surface area contributed by atoms with Crippen molar-refractivity contribution in [3.63, 3.8) is 0 Å². The Balaban J connectivity index is 0.000000220. The van der Waals surface area contributed by atoms with Crippen LogP contribution in [-0.2, 0) is 35.1 Å². The van der Waals surface area contributed by atoms with Crippen molar-refractivity contribution >= 4 is 49.6 Å². The number of halogens is 2. The molecule has 0 atom stereocenters. The molecule has 7 aromatic carbocycles. The van der Waals surface area contributed by atoms with E-state index in [1.807, 2.05) is 12.2 Å². The van der Waals surface area contributed by atoms with Crippen molar-refractivity contribution in [1.82, 2.24) is 0 Å². The van der Waals surface area contributed by atoms with E-state index >= 15 is 0 Å². The van der Waals surface area contributed by atoms with E-state index in [0.717, 1.165) is 6.42 Å². The van der Waals surface area contributed by atoms with Crippen LogP contribution in [0.15, 0.2) is 182 Å². The fourth-order valence-corrected chi connectivity index (χ4v) is 8.76. The van der Waals surface area contributed by atoms with Gasteiger partial charge >= 0.3 is 183 Å². The Morgan fingerprint density at radius 3 is 1.11 bits per heavy atom. The van der Waals surface area contributed by atoms with Crippen molar-refractivity contribution in [2.75, 3.05) is 0 Å². The number of allylic oxidation sites excluding steroid dienone is 4. The maximum atomic E-state index is 2.99. The average Bonchev–Trinajstić information content (AvgIpc) is 3.89. The molecule has 0 aromatic heterocycles. The first-order valence-corrected chi connectivity index (χ1v) is 20.4. The van der Waals surface area contributed by atoms with Gasteiger partial charge in [0.05, 0.1) is 0 Å². The summed E-state index contributed by atoms with van der Waals surface area (Å²) in [6.07, 6.45) is 10.0. The van der Waals surface area contributed by atoms with Crippen LogP contribution in [0.5, 0.6) is 0 Å². The molecule has 0 N–H and O–H groups in total. The van der Waals surface area contributed by atoms with Gasteiger partial charge in [-0.25, -0.2) is 12.2 Å². The fraction of sp³-hybridized carbons (Fsp3) is 0.208. The average molecular weight is 853 g/mol. The molecule has 0 radical (unpaired) electrons. The van der Waals surface area contributed by atoms with Crippen LogP contribution in [0.2, 0.25) is 0 Å². The zero-order valence-electron chi connectivity index (χ0n) is 33.5. The van der Waals surface area contributed by atoms with Gasteiger partial charge in [-0.3, -0.25) is 6.08 Å². The first-order valence-electron chi connectivity index (χ1n) is 19.1. The molecule has 0 nitrogen and oxygen atoms in total. The van der Waals surface area contributed by atoms with E-state index in [1.54, 1.807) is 0 Å². The topological polar surface area (TPSA) is 0 Å². The molecule has 0 unspecified atom stereocenters. The molecule has 56 heavy (non-hydrogen) atoms. The minimum absolute atomic E-state index is 0. The Morgan fingerprint density at radius 1 is 0.518 bits per heavy atom. The van der Waals surface area contributed by atoms with Crippen molar-refractivity contribution in [3.8, 4) is 0 Å². The number of rotatable bonds is 6. The van der Waals surface area contributed by atoms with Gasteiger partial charge in [0.15, 0.2) is 0 Å². The van der Waals surface area contributed by atoms with E-state index in [4.69, 9.17) is 0 Å². The van der Waals surface area contributed by atoms with E-state index in [0.29, 0.717) is 0 Å². The number of benzene rings is 6. The van der Waals surface area contributed by atoms with E-state index in [9.17, 15) is 0 Å². The van der Waals surface area contributed by atoms with Crippen LogP contribution >= 0.6 is 24.8 Å². The van der Waals surface area contributed by atoms with E-state index in [2.05, 4.69) is 217 Å². The van der Waals surface area contributed by atoms with E-state index < -0.39 is 0 Å². The van der Waals surface area contributed by atoms with Crippen LogP contribution in [0.3, 0.4) is 0 Å². The molecule has 0 amide bonds. The zero-order valence-corrected chi connectivity index (χ0v) is 37.6. The molecule has 0 saturated heterocycles. The van der Waals surface area contributed by atoms with Crippen LogP contribution in [0.4, 0.5) is 0 Å². The van der Waals surface area contributed by atoms with Crippen LogP contribution in [-0.4, -0.2) is 3.21 Å². The third-order valence-corrected chi connectivity index (χ3v) is 11.6. The SMILES string of the molecule is CC(C)(C)c1ccc2[cH-]c3ccc(C(C)(C)C)cc3c2c1.Cl.Cl.[C-]1=CC=CC1.[Zr+2]=[C](C(c1ccccc1)c1ccccc1)C(c1ccccc1)c1ccccc1. The van der Waals surface area contributed by atoms with Gasteiger partial charge in [-0.15, -0.1) is 71.0 Å². The van der Waals surface area contributed by atoms with Crippen LogP contribution < -0.4 is 0 Å². The van der Waals surface area contributed by atoms with E-state index in [1.165, 1.54) is 82.4 Å². The van der Waals surface area contributed by atoms with Gasteiger partial charge in [-0.2, -0.15) is 6.08 Å². The summed E-state index contributed by atoms with van der Waals surface area (Å²) in [5.41, 5.74) is 8.63. The van der Waals surface area contributed by atoms with Gasteiger partial charge < -0.3 is 0 Å². The zero-order chi connectivity index (χ0) is 38.1. The third-order valence-electron chi connectivity index (χ3n) is 10.2. The van der Waals surface area contributed by atoms with Gasteiger partial charge in [-0.1, -0.05) is 76.9 Å². The van der Waals surface area contributed by atoms with Crippen LogP contribution in [0.1, 0.15) is 93.2 Å². The van der Waals surface area contributed by atoms with Crippen LogP contribution in [0, 0.1) is 6.08 Å². The summed E-state index contributed by atoms with van der Waals surface area (Å²) in [6.45, 7) is 13.7. The summed E-state index contributed by atoms with van der Waals surface area (Å²) in [6, 6.07) is 59.8. The van der Waals surface area contributed by atoms with Gasteiger partial charge in [0.2, 0.25) is 0 Å². The summed E-state index contributed by atoms with van der Waals surface area (Å²) in [5, 5.41) is 5.49. The summed E-state index contributed by atoms with van der Waals surface area (Å²) in [7, 11) is 0. The van der Waals surface area contributed by atoms with Crippen molar-refractivity contribution in [2.45, 2.75) is 70.6 Å². The van der Waals surface area contributed by atoms with E-state index in [-0.39, 0.29) is 47.5 Å². The quantitative estimate of drug-likeness (QED) is 0.146. The third kappa shape index (κ3) is 11.3. The van der Waals surface area contributed by atoms with Crippen molar-refractivity contribution in [1.29, 1.82) is 0 Å². The predicted octanol–water partition coefficient (Wildman–Crippen LogP) is 14.8. The maximum absolute atomic E-state index is 2.99. The first kappa shape index (κ1) is 44.7. The summed E-state index contributed by atoms with van der Waals surface area (Å²) in [5.74, 6) is 0.567. The number of hydrogen-bond acceptors (Lipinski definition) is 0. The number of hydrogen-bond donors (Lipinski definition) is 0. The van der Waals surface area contributed by atoms with Crippen molar-refractivity contribution < 1.29 is 24.2 Å². The predicted molar refractivity (Wildman–Crippen MR) is 245 cm³/mol. The molecule has 1 aliphatic rings. The Bertz CT molecular complexity index is 2080. The summed E-state index contributed by atoms with van der Waals surface area (Å²) < 4.78 is 1.53. The second-order valence-electron chi connectivity index (χ2n) is 16.2. The van der Waals surface area contributed by atoms with Gasteiger partial charge in [-0.05, 0) is 10.8 Å². The molecule has 284 valence electrons. The Hall–Kier alpha value is -4.00. The van der Waals surface area contributed by atoms with Gasteiger partial charge in [0, 0.05) is 0 Å². The molecule has 0 bridgehead atoms. The minimum atomic E-state index is 0. The molecule has 3 heteroatoms. The second kappa shape index (κ2) is 20.4. The molecular formula is C53H54Cl2Zr. The van der Waals surface area contributed by atoms with Crippen molar-refractivity contribution in [2.24, 2.45) is 0 Å². The normalized spacial score (nSPS) is 12.0. The molecule has 0 saturated carbocycles. The van der Waals surface area contributed by atoms with Crippen molar-refractivity contribution in [3.05, 3.63) is 221 Å². The molecule has 0 fully saturated rings. The Kier molecular flexibility index (Phi) is 16.3. The fourth-order valence-electron chi connectivity index (χ4n) is 7.12. The molecule has 8 rings (SSSR count). The van der Waals surface area contributed by atoms with Gasteiger partial charge in [0.25, 0.3) is 0 Å². The molecule has 0 spiro atoms. The van der Waals surface area contributed by atoms with Gasteiger partial charge in [0.1, 0.15) is 0 Å². The summed E-state index contributed by atoms with van der Waals surface area (Å²) >= 11 is 1.47. The number of fused-ring (bicyclic) bond motifs is 3. The molecule has 1 aliphatic carbocycles. The molecule has 7 aromatic rings. The Labute approximate surface area is 363 Å². The van der Waals surface area contributed by atoms with Crippen LogP contribution in [0.25, 0.3) is 21.5 Å².